The second-order valence-electron chi connectivity index (χ2n) is 5.07. The minimum Gasteiger partial charge on any atom is -0.326 e. The Morgan fingerprint density at radius 1 is 1.20 bits per heavy atom. The maximum Gasteiger partial charge on any atom is 0.221 e. The van der Waals surface area contributed by atoms with Gasteiger partial charge in [-0.25, -0.2) is 0 Å². The maximum atomic E-state index is 11.3. The predicted octanol–water partition coefficient (Wildman–Crippen LogP) is 2.35. The highest BCUT2D eigenvalue weighted by Crippen LogP contribution is 2.28. The van der Waals surface area contributed by atoms with Crippen LogP contribution in [0.3, 0.4) is 0 Å². The Hall–Kier alpha value is -3.25. The van der Waals surface area contributed by atoms with Gasteiger partial charge in [0.25, 0.3) is 0 Å². The highest BCUT2D eigenvalue weighted by Gasteiger charge is 2.14. The molecule has 1 amide bonds. The van der Waals surface area contributed by atoms with Gasteiger partial charge >= 0.3 is 0 Å². The van der Waals surface area contributed by atoms with Gasteiger partial charge in [-0.1, -0.05) is 6.07 Å². The quantitative estimate of drug-likeness (QED) is 0.768. The molecule has 0 atom stereocenters. The molecule has 3 rings (SSSR count). The number of hydrogen-bond donors (Lipinski definition) is 1. The lowest BCUT2D eigenvalue weighted by molar-refractivity contribution is -0.114. The van der Waals surface area contributed by atoms with Crippen molar-refractivity contribution in [1.29, 1.82) is 5.26 Å². The van der Waals surface area contributed by atoms with Crippen molar-refractivity contribution in [1.82, 2.24) is 25.0 Å². The summed E-state index contributed by atoms with van der Waals surface area (Å²) < 4.78 is 1.86. The minimum atomic E-state index is -0.139. The number of nitriles is 1. The summed E-state index contributed by atoms with van der Waals surface area (Å²) in [6.07, 6.45) is 0. The van der Waals surface area contributed by atoms with Crippen molar-refractivity contribution in [3.8, 4) is 11.8 Å². The third kappa shape index (κ3) is 3.81. The fraction of sp³-hybridized carbons (Fsp3) is 0.125. The summed E-state index contributed by atoms with van der Waals surface area (Å²) in [5.41, 5.74) is 1.76. The van der Waals surface area contributed by atoms with Crippen LogP contribution in [0.2, 0.25) is 0 Å². The average Bonchev–Trinajstić information content (AvgIpc) is 2.95. The van der Waals surface area contributed by atoms with E-state index in [1.807, 2.05) is 41.8 Å². The number of rotatable bonds is 4. The number of aromatic nitrogens is 5. The molecule has 0 bridgehead atoms. The molecule has 0 spiro atoms. The average molecular weight is 351 g/mol. The minimum absolute atomic E-state index is 0.139. The van der Waals surface area contributed by atoms with Gasteiger partial charge in [0, 0.05) is 12.6 Å². The second-order valence-corrected chi connectivity index (χ2v) is 6.05. The molecule has 25 heavy (non-hydrogen) atoms. The van der Waals surface area contributed by atoms with Crippen LogP contribution in [0.25, 0.3) is 5.69 Å². The first-order valence-corrected chi connectivity index (χ1v) is 8.10. The first kappa shape index (κ1) is 16.6. The Morgan fingerprint density at radius 3 is 2.72 bits per heavy atom. The fourth-order valence-corrected chi connectivity index (χ4v) is 2.98. The van der Waals surface area contributed by atoms with Gasteiger partial charge in [-0.15, -0.1) is 20.4 Å². The normalized spacial score (nSPS) is 10.3. The van der Waals surface area contributed by atoms with E-state index in [0.717, 1.165) is 5.69 Å². The Kier molecular flexibility index (Phi) is 4.72. The van der Waals surface area contributed by atoms with Crippen molar-refractivity contribution in [3.63, 3.8) is 0 Å². The summed E-state index contributed by atoms with van der Waals surface area (Å²) in [6, 6.07) is 12.6. The van der Waals surface area contributed by atoms with E-state index in [2.05, 4.69) is 25.7 Å². The molecule has 0 aliphatic carbocycles. The van der Waals surface area contributed by atoms with Crippen LogP contribution < -0.4 is 5.32 Å². The first-order chi connectivity index (χ1) is 12.1. The molecular formula is C16H13N7OS. The fourth-order valence-electron chi connectivity index (χ4n) is 2.16. The van der Waals surface area contributed by atoms with E-state index in [-0.39, 0.29) is 11.6 Å². The van der Waals surface area contributed by atoms with E-state index in [0.29, 0.717) is 21.7 Å². The Bertz CT molecular complexity index is 959. The van der Waals surface area contributed by atoms with Crippen molar-refractivity contribution in [3.05, 3.63) is 47.9 Å². The van der Waals surface area contributed by atoms with E-state index < -0.39 is 0 Å². The third-order valence-electron chi connectivity index (χ3n) is 3.17. The number of anilines is 1. The highest BCUT2D eigenvalue weighted by molar-refractivity contribution is 7.99. The standard InChI is InChI=1S/C16H13N7OS/c1-10-19-22-16(25-15-7-6-13(9-17)20-21-15)23(10)14-5-3-4-12(8-14)18-11(2)24/h3-8H,1-2H3,(H,18,24). The molecule has 0 radical (unpaired) electrons. The topological polar surface area (TPSA) is 109 Å². The van der Waals surface area contributed by atoms with Crippen LogP contribution in [0.5, 0.6) is 0 Å². The second kappa shape index (κ2) is 7.11. The summed E-state index contributed by atoms with van der Waals surface area (Å²) in [5.74, 6) is 0.559. The molecule has 2 heterocycles. The predicted molar refractivity (Wildman–Crippen MR) is 91.3 cm³/mol. The van der Waals surface area contributed by atoms with Crippen molar-refractivity contribution < 1.29 is 4.79 Å². The lowest BCUT2D eigenvalue weighted by atomic mass is 10.2. The Morgan fingerprint density at radius 2 is 2.04 bits per heavy atom. The summed E-state index contributed by atoms with van der Waals surface area (Å²) in [6.45, 7) is 3.30. The van der Waals surface area contributed by atoms with E-state index in [1.165, 1.54) is 18.7 Å². The van der Waals surface area contributed by atoms with E-state index >= 15 is 0 Å². The number of nitrogens with zero attached hydrogens (tertiary/aromatic N) is 6. The monoisotopic (exact) mass is 351 g/mol. The van der Waals surface area contributed by atoms with Crippen LogP contribution >= 0.6 is 11.8 Å². The van der Waals surface area contributed by atoms with Crippen LogP contribution in [0.15, 0.2) is 46.6 Å². The van der Waals surface area contributed by atoms with Crippen LogP contribution in [0.4, 0.5) is 5.69 Å². The van der Waals surface area contributed by atoms with Gasteiger partial charge in [0.2, 0.25) is 11.1 Å². The molecule has 124 valence electrons. The summed E-state index contributed by atoms with van der Waals surface area (Å²) in [7, 11) is 0. The number of aryl methyl sites for hydroxylation is 1. The number of amides is 1. The Labute approximate surface area is 147 Å². The van der Waals surface area contributed by atoms with Gasteiger partial charge in [-0.05, 0) is 49.0 Å². The van der Waals surface area contributed by atoms with E-state index in [4.69, 9.17) is 5.26 Å². The van der Waals surface area contributed by atoms with Gasteiger partial charge in [0.15, 0.2) is 5.69 Å². The molecular weight excluding hydrogens is 338 g/mol. The van der Waals surface area contributed by atoms with E-state index in [1.54, 1.807) is 12.1 Å². The highest BCUT2D eigenvalue weighted by atomic mass is 32.2. The van der Waals surface area contributed by atoms with Crippen molar-refractivity contribution >= 4 is 23.4 Å². The van der Waals surface area contributed by atoms with E-state index in [9.17, 15) is 4.79 Å². The molecule has 0 aliphatic rings. The third-order valence-corrected chi connectivity index (χ3v) is 4.04. The lowest BCUT2D eigenvalue weighted by Crippen LogP contribution is -2.07. The zero-order valence-electron chi connectivity index (χ0n) is 13.5. The molecule has 8 nitrogen and oxygen atoms in total. The molecule has 0 saturated carbocycles. The number of carbonyl (C=O) groups excluding carboxylic acids is 1. The van der Waals surface area contributed by atoms with Gasteiger partial charge in [0.05, 0.1) is 5.69 Å². The molecule has 1 N–H and O–H groups in total. The number of nitrogens with one attached hydrogen (secondary N) is 1. The molecule has 0 unspecified atom stereocenters. The van der Waals surface area contributed by atoms with Gasteiger partial charge in [0.1, 0.15) is 16.9 Å². The van der Waals surface area contributed by atoms with Gasteiger partial charge < -0.3 is 5.32 Å². The van der Waals surface area contributed by atoms with Gasteiger partial charge in [-0.3, -0.25) is 9.36 Å². The van der Waals surface area contributed by atoms with Crippen LogP contribution in [0, 0.1) is 18.3 Å². The molecule has 2 aromatic heterocycles. The lowest BCUT2D eigenvalue weighted by Gasteiger charge is -2.10. The Balaban J connectivity index is 1.94. The number of carbonyl (C=O) groups is 1. The van der Waals surface area contributed by atoms with Crippen molar-refractivity contribution in [2.24, 2.45) is 0 Å². The largest absolute Gasteiger partial charge is 0.326 e. The summed E-state index contributed by atoms with van der Waals surface area (Å²) >= 11 is 1.29. The molecule has 0 aliphatic heterocycles. The van der Waals surface area contributed by atoms with Crippen LogP contribution in [0.1, 0.15) is 18.4 Å². The number of benzene rings is 1. The molecule has 0 saturated heterocycles. The zero-order chi connectivity index (χ0) is 17.8. The van der Waals surface area contributed by atoms with Crippen LogP contribution in [-0.2, 0) is 4.79 Å². The maximum absolute atomic E-state index is 11.3. The first-order valence-electron chi connectivity index (χ1n) is 7.28. The molecule has 3 aromatic rings. The summed E-state index contributed by atoms with van der Waals surface area (Å²) in [5, 5.41) is 28.9. The zero-order valence-corrected chi connectivity index (χ0v) is 14.3. The van der Waals surface area contributed by atoms with Crippen LogP contribution in [-0.4, -0.2) is 30.9 Å². The SMILES string of the molecule is CC(=O)Nc1cccc(-n2c(C)nnc2Sc2ccc(C#N)nn2)c1. The number of hydrogen-bond acceptors (Lipinski definition) is 7. The molecule has 1 aromatic carbocycles. The summed E-state index contributed by atoms with van der Waals surface area (Å²) in [4.78, 5) is 11.3. The molecule has 0 fully saturated rings. The molecule has 9 heteroatoms. The van der Waals surface area contributed by atoms with Crippen molar-refractivity contribution in [2.75, 3.05) is 5.32 Å². The smallest absolute Gasteiger partial charge is 0.221 e. The van der Waals surface area contributed by atoms with Gasteiger partial charge in [-0.2, -0.15) is 5.26 Å². The van der Waals surface area contributed by atoms with Crippen molar-refractivity contribution in [2.45, 2.75) is 24.0 Å².